The number of nitrogens with one attached hydrogen (secondary N) is 1. The minimum atomic E-state index is 0.175. The summed E-state index contributed by atoms with van der Waals surface area (Å²) in [7, 11) is 0. The first-order valence-corrected chi connectivity index (χ1v) is 6.72. The van der Waals surface area contributed by atoms with Gasteiger partial charge in [-0.2, -0.15) is 8.75 Å². The second-order valence-corrected chi connectivity index (χ2v) is 5.55. The van der Waals surface area contributed by atoms with Gasteiger partial charge < -0.3 is 5.32 Å². The van der Waals surface area contributed by atoms with Crippen LogP contribution in [-0.2, 0) is 4.79 Å². The van der Waals surface area contributed by atoms with Gasteiger partial charge in [-0.1, -0.05) is 11.8 Å². The van der Waals surface area contributed by atoms with Crippen molar-refractivity contribution in [3.05, 3.63) is 17.5 Å². The number of aromatic nitrogens is 2. The first-order chi connectivity index (χ1) is 7.75. The van der Waals surface area contributed by atoms with E-state index in [1.165, 1.54) is 29.1 Å². The molecule has 0 bridgehead atoms. The predicted molar refractivity (Wildman–Crippen MR) is 67.4 cm³/mol. The number of nitrogens with zero attached hydrogens (tertiary/aromatic N) is 2. The van der Waals surface area contributed by atoms with Crippen molar-refractivity contribution in [1.29, 1.82) is 0 Å². The number of carbonyl (C=O) groups excluding carboxylic acids is 1. The van der Waals surface area contributed by atoms with E-state index in [0.29, 0.717) is 5.25 Å². The topological polar surface area (TPSA) is 54.9 Å². The molecule has 1 N–H and O–H groups in total. The highest BCUT2D eigenvalue weighted by Crippen LogP contribution is 2.26. The smallest absolute Gasteiger partial charge is 0.186 e. The average Bonchev–Trinajstić information content (AvgIpc) is 2.73. The lowest BCUT2D eigenvalue weighted by Gasteiger charge is -2.24. The van der Waals surface area contributed by atoms with Gasteiger partial charge in [-0.05, 0) is 24.6 Å². The summed E-state index contributed by atoms with van der Waals surface area (Å²) in [4.78, 5) is 11.1. The maximum atomic E-state index is 11.1. The van der Waals surface area contributed by atoms with Crippen LogP contribution in [0.3, 0.4) is 0 Å². The molecular weight excluding hydrogens is 242 g/mol. The predicted octanol–water partition coefficient (Wildman–Crippen LogP) is 1.56. The molecular formula is C10H13N3OS2. The fraction of sp³-hybridized carbons (Fsp3) is 0.500. The van der Waals surface area contributed by atoms with Gasteiger partial charge in [0.25, 0.3) is 0 Å². The van der Waals surface area contributed by atoms with Gasteiger partial charge in [-0.15, -0.1) is 0 Å². The molecule has 0 radical (unpaired) electrons. The highest BCUT2D eigenvalue weighted by Gasteiger charge is 2.20. The Hall–Kier alpha value is -0.720. The molecule has 1 unspecified atom stereocenters. The Morgan fingerprint density at radius 2 is 2.62 bits per heavy atom. The molecule has 1 aliphatic rings. The molecule has 0 aliphatic carbocycles. The van der Waals surface area contributed by atoms with Crippen molar-refractivity contribution in [3.8, 4) is 0 Å². The third kappa shape index (κ3) is 3.13. The second kappa shape index (κ2) is 5.56. The molecule has 16 heavy (non-hydrogen) atoms. The van der Waals surface area contributed by atoms with Crippen LogP contribution < -0.4 is 5.32 Å². The summed E-state index contributed by atoms with van der Waals surface area (Å²) in [5.74, 6) is 0. The van der Waals surface area contributed by atoms with Crippen LogP contribution in [0.4, 0.5) is 0 Å². The van der Waals surface area contributed by atoms with Crippen molar-refractivity contribution in [1.82, 2.24) is 14.1 Å². The van der Waals surface area contributed by atoms with Crippen LogP contribution in [0.15, 0.2) is 11.8 Å². The maximum absolute atomic E-state index is 11.1. The van der Waals surface area contributed by atoms with Crippen LogP contribution >= 0.6 is 23.5 Å². The molecule has 0 spiro atoms. The molecule has 1 fully saturated rings. The van der Waals surface area contributed by atoms with Crippen LogP contribution in [-0.4, -0.2) is 32.2 Å². The SMILES string of the molecule is CC(=O)SC1CCNC/C1=C\c1cnsn1. The molecule has 2 rings (SSSR count). The number of rotatable bonds is 2. The lowest BCUT2D eigenvalue weighted by Crippen LogP contribution is -2.32. The molecule has 0 aromatic carbocycles. The highest BCUT2D eigenvalue weighted by molar-refractivity contribution is 8.14. The van der Waals surface area contributed by atoms with E-state index in [0.717, 1.165) is 25.2 Å². The zero-order valence-electron chi connectivity index (χ0n) is 8.97. The second-order valence-electron chi connectivity index (χ2n) is 3.62. The van der Waals surface area contributed by atoms with E-state index < -0.39 is 0 Å². The molecule has 86 valence electrons. The molecule has 1 saturated heterocycles. The number of hydrogen-bond donors (Lipinski definition) is 1. The number of piperidine rings is 1. The van der Waals surface area contributed by atoms with Crippen molar-refractivity contribution < 1.29 is 4.79 Å². The Morgan fingerprint density at radius 3 is 3.31 bits per heavy atom. The molecule has 0 saturated carbocycles. The molecule has 6 heteroatoms. The Kier molecular flexibility index (Phi) is 4.09. The lowest BCUT2D eigenvalue weighted by molar-refractivity contribution is -0.109. The summed E-state index contributed by atoms with van der Waals surface area (Å²) in [6.07, 6.45) is 4.78. The van der Waals surface area contributed by atoms with Gasteiger partial charge in [0.2, 0.25) is 0 Å². The summed E-state index contributed by atoms with van der Waals surface area (Å²) < 4.78 is 8.12. The molecule has 1 aliphatic heterocycles. The van der Waals surface area contributed by atoms with Crippen molar-refractivity contribution in [2.45, 2.75) is 18.6 Å². The Bertz CT molecular complexity index is 389. The quantitative estimate of drug-likeness (QED) is 0.869. The zero-order chi connectivity index (χ0) is 11.4. The van der Waals surface area contributed by atoms with Gasteiger partial charge >= 0.3 is 0 Å². The summed E-state index contributed by atoms with van der Waals surface area (Å²) in [6.45, 7) is 3.43. The van der Waals surface area contributed by atoms with Crippen LogP contribution in [0.25, 0.3) is 6.08 Å². The summed E-state index contributed by atoms with van der Waals surface area (Å²) >= 11 is 2.62. The third-order valence-electron chi connectivity index (χ3n) is 2.35. The maximum Gasteiger partial charge on any atom is 0.186 e. The standard InChI is InChI=1S/C10H13N3OS2/c1-7(14)15-10-2-3-11-5-8(10)4-9-6-12-16-13-9/h4,6,10-11H,2-3,5H2,1H3/b8-4+. The van der Waals surface area contributed by atoms with Gasteiger partial charge in [-0.25, -0.2) is 0 Å². The monoisotopic (exact) mass is 255 g/mol. The van der Waals surface area contributed by atoms with Crippen molar-refractivity contribution in [2.75, 3.05) is 13.1 Å². The summed E-state index contributed by atoms with van der Waals surface area (Å²) in [6, 6.07) is 0. The molecule has 0 amide bonds. The van der Waals surface area contributed by atoms with Gasteiger partial charge in [0.15, 0.2) is 5.12 Å². The lowest BCUT2D eigenvalue weighted by atomic mass is 10.1. The van der Waals surface area contributed by atoms with Crippen molar-refractivity contribution >= 4 is 34.7 Å². The molecule has 2 heterocycles. The largest absolute Gasteiger partial charge is 0.313 e. The molecule has 4 nitrogen and oxygen atoms in total. The van der Waals surface area contributed by atoms with E-state index >= 15 is 0 Å². The van der Waals surface area contributed by atoms with Gasteiger partial charge in [0, 0.05) is 18.7 Å². The number of thioether (sulfide) groups is 1. The van der Waals surface area contributed by atoms with Gasteiger partial charge in [0.05, 0.1) is 23.6 Å². The van der Waals surface area contributed by atoms with E-state index in [4.69, 9.17) is 0 Å². The Labute approximate surface area is 103 Å². The van der Waals surface area contributed by atoms with Crippen LogP contribution in [0.2, 0.25) is 0 Å². The Balaban J connectivity index is 2.12. The fourth-order valence-corrected chi connectivity index (χ4v) is 3.00. The summed E-state index contributed by atoms with van der Waals surface area (Å²) in [5, 5.41) is 3.78. The van der Waals surface area contributed by atoms with E-state index in [9.17, 15) is 4.79 Å². The first kappa shape index (κ1) is 11.8. The van der Waals surface area contributed by atoms with Crippen LogP contribution in [0, 0.1) is 0 Å². The molecule has 1 aromatic rings. The van der Waals surface area contributed by atoms with E-state index in [1.54, 1.807) is 13.1 Å². The summed E-state index contributed by atoms with van der Waals surface area (Å²) in [5.41, 5.74) is 2.12. The van der Waals surface area contributed by atoms with E-state index in [1.807, 2.05) is 6.08 Å². The zero-order valence-corrected chi connectivity index (χ0v) is 10.6. The van der Waals surface area contributed by atoms with E-state index in [2.05, 4.69) is 14.1 Å². The fourth-order valence-electron chi connectivity index (χ4n) is 1.67. The van der Waals surface area contributed by atoms with E-state index in [-0.39, 0.29) is 5.12 Å². The van der Waals surface area contributed by atoms with Crippen LogP contribution in [0.1, 0.15) is 19.0 Å². The first-order valence-electron chi connectivity index (χ1n) is 5.11. The van der Waals surface area contributed by atoms with Crippen LogP contribution in [0.5, 0.6) is 0 Å². The van der Waals surface area contributed by atoms with Gasteiger partial charge in [-0.3, -0.25) is 4.79 Å². The minimum Gasteiger partial charge on any atom is -0.313 e. The van der Waals surface area contributed by atoms with Crippen molar-refractivity contribution in [3.63, 3.8) is 0 Å². The van der Waals surface area contributed by atoms with Gasteiger partial charge in [0.1, 0.15) is 0 Å². The number of hydrogen-bond acceptors (Lipinski definition) is 6. The third-order valence-corrected chi connectivity index (χ3v) is 3.99. The minimum absolute atomic E-state index is 0.175. The van der Waals surface area contributed by atoms with Crippen molar-refractivity contribution in [2.24, 2.45) is 0 Å². The molecule has 1 aromatic heterocycles. The Morgan fingerprint density at radius 1 is 1.75 bits per heavy atom. The normalized spacial score (nSPS) is 23.6. The molecule has 1 atom stereocenters. The highest BCUT2D eigenvalue weighted by atomic mass is 32.2. The average molecular weight is 255 g/mol. The number of carbonyl (C=O) groups is 1.